The number of nitrogens with one attached hydrogen (secondary N) is 1. The third-order valence-corrected chi connectivity index (χ3v) is 5.08. The first-order valence-electron chi connectivity index (χ1n) is 6.87. The lowest BCUT2D eigenvalue weighted by molar-refractivity contribution is 0.160. The fraction of sp³-hybridized carbons (Fsp3) is 0.786. The second-order valence-corrected chi connectivity index (χ2v) is 7.40. The molecule has 0 amide bonds. The molecule has 1 aromatic rings. The zero-order chi connectivity index (χ0) is 13.2. The fourth-order valence-corrected chi connectivity index (χ4v) is 3.54. The molecule has 0 bridgehead atoms. The molecule has 1 aliphatic rings. The van der Waals surface area contributed by atoms with Gasteiger partial charge in [-0.25, -0.2) is 4.98 Å². The van der Waals surface area contributed by atoms with Crippen LogP contribution < -0.4 is 11.3 Å². The predicted molar refractivity (Wildman–Crippen MR) is 77.4 cm³/mol. The van der Waals surface area contributed by atoms with Crippen LogP contribution in [0.3, 0.4) is 0 Å². The lowest BCUT2D eigenvalue weighted by atomic mass is 9.70. The first-order chi connectivity index (χ1) is 8.50. The summed E-state index contributed by atoms with van der Waals surface area (Å²) in [5.41, 5.74) is 4.73. The van der Waals surface area contributed by atoms with Gasteiger partial charge in [0, 0.05) is 17.8 Å². The molecular weight excluding hydrogens is 242 g/mol. The fourth-order valence-electron chi connectivity index (χ4n) is 2.91. The van der Waals surface area contributed by atoms with Crippen molar-refractivity contribution in [1.29, 1.82) is 0 Å². The van der Waals surface area contributed by atoms with E-state index in [4.69, 9.17) is 5.84 Å². The van der Waals surface area contributed by atoms with Gasteiger partial charge in [-0.1, -0.05) is 13.8 Å². The number of hydrazine groups is 1. The maximum absolute atomic E-state index is 5.75. The number of hydrogen-bond donors (Lipinski definition) is 2. The van der Waals surface area contributed by atoms with Crippen LogP contribution in [0.15, 0.2) is 5.38 Å². The number of aryl methyl sites for hydroxylation is 1. The van der Waals surface area contributed by atoms with Gasteiger partial charge in [-0.3, -0.25) is 11.3 Å². The molecule has 4 heteroatoms. The Morgan fingerprint density at radius 2 is 2.17 bits per heavy atom. The first-order valence-corrected chi connectivity index (χ1v) is 7.75. The molecule has 2 rings (SSSR count). The number of rotatable bonds is 4. The Balaban J connectivity index is 1.93. The van der Waals surface area contributed by atoms with Crippen molar-refractivity contribution in [1.82, 2.24) is 10.4 Å². The van der Waals surface area contributed by atoms with E-state index in [1.54, 1.807) is 11.3 Å². The van der Waals surface area contributed by atoms with Crippen LogP contribution in [0, 0.1) is 18.3 Å². The molecule has 102 valence electrons. The molecule has 1 aromatic heterocycles. The van der Waals surface area contributed by atoms with Gasteiger partial charge in [0.25, 0.3) is 0 Å². The Hall–Kier alpha value is -0.450. The van der Waals surface area contributed by atoms with E-state index < -0.39 is 0 Å². The number of hydrogen-bond acceptors (Lipinski definition) is 4. The highest BCUT2D eigenvalue weighted by Crippen LogP contribution is 2.39. The summed E-state index contributed by atoms with van der Waals surface area (Å²) in [5, 5.41) is 3.30. The highest BCUT2D eigenvalue weighted by molar-refractivity contribution is 7.09. The van der Waals surface area contributed by atoms with Crippen LogP contribution >= 0.6 is 11.3 Å². The molecule has 0 aliphatic heterocycles. The van der Waals surface area contributed by atoms with Crippen molar-refractivity contribution >= 4 is 11.3 Å². The molecule has 3 N–H and O–H groups in total. The summed E-state index contributed by atoms with van der Waals surface area (Å²) in [4.78, 5) is 4.54. The van der Waals surface area contributed by atoms with Gasteiger partial charge in [-0.2, -0.15) is 0 Å². The number of nitrogens with two attached hydrogens (primary N) is 1. The molecule has 0 saturated heterocycles. The van der Waals surface area contributed by atoms with Crippen molar-refractivity contribution in [3.63, 3.8) is 0 Å². The largest absolute Gasteiger partial charge is 0.271 e. The Bertz CT molecular complexity index is 376. The van der Waals surface area contributed by atoms with Crippen LogP contribution in [0.1, 0.15) is 50.2 Å². The normalized spacial score (nSPS) is 22.0. The zero-order valence-corrected chi connectivity index (χ0v) is 12.5. The average Bonchev–Trinajstić information content (AvgIpc) is 2.72. The lowest BCUT2D eigenvalue weighted by Crippen LogP contribution is -2.44. The smallest absolute Gasteiger partial charge is 0.0897 e. The molecule has 1 unspecified atom stereocenters. The molecule has 0 radical (unpaired) electrons. The van der Waals surface area contributed by atoms with Crippen molar-refractivity contribution < 1.29 is 0 Å². The molecule has 1 saturated carbocycles. The Morgan fingerprint density at radius 3 is 2.67 bits per heavy atom. The van der Waals surface area contributed by atoms with Gasteiger partial charge < -0.3 is 0 Å². The Kier molecular flexibility index (Phi) is 4.41. The molecule has 1 aliphatic carbocycles. The maximum atomic E-state index is 5.75. The van der Waals surface area contributed by atoms with E-state index in [9.17, 15) is 0 Å². The molecule has 18 heavy (non-hydrogen) atoms. The summed E-state index contributed by atoms with van der Waals surface area (Å²) in [7, 11) is 0. The predicted octanol–water partition coefficient (Wildman–Crippen LogP) is 3.04. The van der Waals surface area contributed by atoms with Crippen LogP contribution in [0.5, 0.6) is 0 Å². The van der Waals surface area contributed by atoms with E-state index in [1.165, 1.54) is 31.4 Å². The maximum Gasteiger partial charge on any atom is 0.0897 e. The highest BCUT2D eigenvalue weighted by Gasteiger charge is 2.31. The SMILES string of the molecule is Cc1nc(CC(NN)C2CCC(C)(C)CC2)cs1. The van der Waals surface area contributed by atoms with Crippen molar-refractivity contribution in [3.8, 4) is 0 Å². The Morgan fingerprint density at radius 1 is 1.50 bits per heavy atom. The van der Waals surface area contributed by atoms with Gasteiger partial charge in [0.05, 0.1) is 10.7 Å². The van der Waals surface area contributed by atoms with Crippen molar-refractivity contribution in [3.05, 3.63) is 16.1 Å². The summed E-state index contributed by atoms with van der Waals surface area (Å²) >= 11 is 1.72. The highest BCUT2D eigenvalue weighted by atomic mass is 32.1. The van der Waals surface area contributed by atoms with Crippen LogP contribution in [0.25, 0.3) is 0 Å². The third-order valence-electron chi connectivity index (χ3n) is 4.26. The van der Waals surface area contributed by atoms with Gasteiger partial charge in [-0.15, -0.1) is 11.3 Å². The quantitative estimate of drug-likeness (QED) is 0.651. The van der Waals surface area contributed by atoms with Crippen molar-refractivity contribution in [2.24, 2.45) is 17.2 Å². The summed E-state index contributed by atoms with van der Waals surface area (Å²) < 4.78 is 0. The minimum atomic E-state index is 0.377. The van der Waals surface area contributed by atoms with Gasteiger partial charge in [0.2, 0.25) is 0 Å². The first kappa shape index (κ1) is 14.0. The van der Waals surface area contributed by atoms with Gasteiger partial charge in [0.1, 0.15) is 0 Å². The van der Waals surface area contributed by atoms with Crippen LogP contribution in [-0.2, 0) is 6.42 Å². The topological polar surface area (TPSA) is 50.9 Å². The second kappa shape index (κ2) is 5.68. The molecule has 1 heterocycles. The number of thiazole rings is 1. The summed E-state index contributed by atoms with van der Waals surface area (Å²) in [6.45, 7) is 6.80. The van der Waals surface area contributed by atoms with Crippen molar-refractivity contribution in [2.45, 2.75) is 58.9 Å². The van der Waals surface area contributed by atoms with E-state index in [0.717, 1.165) is 11.4 Å². The lowest BCUT2D eigenvalue weighted by Gasteiger charge is -2.37. The average molecular weight is 267 g/mol. The van der Waals surface area contributed by atoms with E-state index in [1.807, 2.05) is 0 Å². The number of nitrogens with zero attached hydrogens (tertiary/aromatic N) is 1. The van der Waals surface area contributed by atoms with Crippen LogP contribution in [0.2, 0.25) is 0 Å². The Labute approximate surface area is 114 Å². The van der Waals surface area contributed by atoms with Gasteiger partial charge in [0.15, 0.2) is 0 Å². The summed E-state index contributed by atoms with van der Waals surface area (Å²) in [6.07, 6.45) is 6.15. The molecule has 0 spiro atoms. The standard InChI is InChI=1S/C14H25N3S/c1-10-16-12(9-18-10)8-13(17-15)11-4-6-14(2,3)7-5-11/h9,11,13,17H,4-8,15H2,1-3H3. The molecule has 1 fully saturated rings. The van der Waals surface area contributed by atoms with Gasteiger partial charge in [-0.05, 0) is 43.9 Å². The summed E-state index contributed by atoms with van der Waals surface area (Å²) in [5.74, 6) is 6.45. The van der Waals surface area contributed by atoms with Crippen LogP contribution in [0.4, 0.5) is 0 Å². The van der Waals surface area contributed by atoms with Crippen LogP contribution in [-0.4, -0.2) is 11.0 Å². The summed E-state index contributed by atoms with van der Waals surface area (Å²) in [6, 6.07) is 0.377. The van der Waals surface area contributed by atoms with E-state index in [0.29, 0.717) is 17.4 Å². The second-order valence-electron chi connectivity index (χ2n) is 6.34. The van der Waals surface area contributed by atoms with E-state index in [2.05, 4.69) is 36.6 Å². The minimum Gasteiger partial charge on any atom is -0.271 e. The van der Waals surface area contributed by atoms with E-state index >= 15 is 0 Å². The third kappa shape index (κ3) is 3.53. The molecular formula is C14H25N3S. The molecule has 3 nitrogen and oxygen atoms in total. The minimum absolute atomic E-state index is 0.377. The van der Waals surface area contributed by atoms with E-state index in [-0.39, 0.29) is 0 Å². The number of aromatic nitrogens is 1. The zero-order valence-electron chi connectivity index (χ0n) is 11.7. The molecule has 0 aromatic carbocycles. The monoisotopic (exact) mass is 267 g/mol. The molecule has 1 atom stereocenters. The van der Waals surface area contributed by atoms with Gasteiger partial charge >= 0.3 is 0 Å². The van der Waals surface area contributed by atoms with Crippen molar-refractivity contribution in [2.75, 3.05) is 0 Å².